The Balaban J connectivity index is 1.91. The molecular weight excluding hydrogens is 344 g/mol. The number of carbonyl (C=O) groups excluding carboxylic acids is 1. The van der Waals surface area contributed by atoms with Crippen LogP contribution in [0.25, 0.3) is 0 Å². The summed E-state index contributed by atoms with van der Waals surface area (Å²) in [7, 11) is 0. The van der Waals surface area contributed by atoms with Gasteiger partial charge in [0.1, 0.15) is 11.5 Å². The number of hydrogen-bond acceptors (Lipinski definition) is 4. The van der Waals surface area contributed by atoms with Crippen molar-refractivity contribution < 1.29 is 9.53 Å². The molecule has 1 aliphatic heterocycles. The van der Waals surface area contributed by atoms with E-state index >= 15 is 0 Å². The summed E-state index contributed by atoms with van der Waals surface area (Å²) >= 11 is 1.41. The molecule has 0 aromatic heterocycles. The van der Waals surface area contributed by atoms with Gasteiger partial charge in [-0.05, 0) is 29.8 Å². The highest BCUT2D eigenvalue weighted by atomic mass is 32.2. The number of carbonyl (C=O) groups is 1. The Labute approximate surface area is 157 Å². The molecule has 0 saturated heterocycles. The smallest absolute Gasteiger partial charge is 0.225 e. The number of para-hydroxylation sites is 1. The van der Waals surface area contributed by atoms with Crippen LogP contribution in [-0.4, -0.2) is 11.7 Å². The van der Waals surface area contributed by atoms with Crippen molar-refractivity contribution in [2.24, 2.45) is 0 Å². The fourth-order valence-electron chi connectivity index (χ4n) is 2.78. The van der Waals surface area contributed by atoms with Gasteiger partial charge in [0, 0.05) is 18.1 Å². The van der Waals surface area contributed by atoms with E-state index in [1.54, 1.807) is 6.08 Å². The van der Waals surface area contributed by atoms with Gasteiger partial charge in [0.05, 0.1) is 16.7 Å². The normalized spacial score (nSPS) is 16.6. The van der Waals surface area contributed by atoms with E-state index in [1.807, 2.05) is 54.6 Å². The molecule has 1 amide bonds. The van der Waals surface area contributed by atoms with Crippen molar-refractivity contribution in [2.75, 3.05) is 5.75 Å². The third kappa shape index (κ3) is 4.16. The molecule has 26 heavy (non-hydrogen) atoms. The number of nitrogens with one attached hydrogen (secondary N) is 1. The minimum atomic E-state index is -0.277. The summed E-state index contributed by atoms with van der Waals surface area (Å²) in [5.74, 6) is 1.68. The molecule has 0 bridgehead atoms. The average molecular weight is 362 g/mol. The molecule has 2 aromatic carbocycles. The first kappa shape index (κ1) is 17.8. The van der Waals surface area contributed by atoms with Gasteiger partial charge in [-0.15, -0.1) is 18.3 Å². The van der Waals surface area contributed by atoms with Crippen LogP contribution < -0.4 is 10.1 Å². The van der Waals surface area contributed by atoms with Crippen molar-refractivity contribution in [3.05, 3.63) is 83.4 Å². The van der Waals surface area contributed by atoms with E-state index in [0.29, 0.717) is 22.1 Å². The molecule has 0 unspecified atom stereocenters. The first-order valence-electron chi connectivity index (χ1n) is 8.22. The van der Waals surface area contributed by atoms with E-state index in [0.717, 1.165) is 11.3 Å². The van der Waals surface area contributed by atoms with Gasteiger partial charge < -0.3 is 10.1 Å². The van der Waals surface area contributed by atoms with E-state index in [-0.39, 0.29) is 18.2 Å². The number of hydrogen-bond donors (Lipinski definition) is 1. The Morgan fingerprint density at radius 1 is 1.23 bits per heavy atom. The highest BCUT2D eigenvalue weighted by Crippen LogP contribution is 2.37. The van der Waals surface area contributed by atoms with Crippen molar-refractivity contribution in [3.63, 3.8) is 0 Å². The van der Waals surface area contributed by atoms with Crippen LogP contribution in [0.5, 0.6) is 11.5 Å². The van der Waals surface area contributed by atoms with Crippen molar-refractivity contribution in [3.8, 4) is 17.6 Å². The molecule has 0 aliphatic carbocycles. The lowest BCUT2D eigenvalue weighted by molar-refractivity contribution is -0.120. The second kappa shape index (κ2) is 8.41. The Morgan fingerprint density at radius 3 is 2.73 bits per heavy atom. The maximum Gasteiger partial charge on any atom is 0.225 e. The zero-order chi connectivity index (χ0) is 18.4. The molecule has 4 nitrogen and oxygen atoms in total. The van der Waals surface area contributed by atoms with Gasteiger partial charge in [-0.2, -0.15) is 5.26 Å². The highest BCUT2D eigenvalue weighted by molar-refractivity contribution is 8.03. The van der Waals surface area contributed by atoms with Crippen molar-refractivity contribution in [2.45, 2.75) is 12.3 Å². The first-order chi connectivity index (χ1) is 12.7. The predicted octanol–water partition coefficient (Wildman–Crippen LogP) is 4.74. The number of thioether (sulfide) groups is 1. The predicted molar refractivity (Wildman–Crippen MR) is 104 cm³/mol. The molecule has 0 fully saturated rings. The molecule has 1 aliphatic rings. The minimum absolute atomic E-state index is 0.0880. The van der Waals surface area contributed by atoms with Crippen molar-refractivity contribution in [1.29, 1.82) is 5.26 Å². The van der Waals surface area contributed by atoms with Gasteiger partial charge in [0.25, 0.3) is 0 Å². The molecule has 0 radical (unpaired) electrons. The molecule has 5 heteroatoms. The standard InChI is InChI=1S/C21H18N2O2S/c1-2-11-26-21-19(14-22)18(13-20(24)23-21)15-7-6-10-17(12-15)25-16-8-4-3-5-9-16/h2-10,12,18H,1,11,13H2,(H,23,24)/t18-/m1/s1. The average Bonchev–Trinajstić information content (AvgIpc) is 2.67. The number of amides is 1. The highest BCUT2D eigenvalue weighted by Gasteiger charge is 2.29. The Kier molecular flexibility index (Phi) is 5.77. The molecular formula is C21H18N2O2S. The third-order valence-corrected chi connectivity index (χ3v) is 4.95. The molecule has 1 atom stereocenters. The van der Waals surface area contributed by atoms with Crippen LogP contribution in [0.2, 0.25) is 0 Å². The minimum Gasteiger partial charge on any atom is -0.457 e. The zero-order valence-corrected chi connectivity index (χ0v) is 15.0. The van der Waals surface area contributed by atoms with Crippen LogP contribution in [0.3, 0.4) is 0 Å². The maximum absolute atomic E-state index is 12.1. The van der Waals surface area contributed by atoms with Crippen LogP contribution in [0, 0.1) is 11.3 Å². The molecule has 0 spiro atoms. The second-order valence-electron chi connectivity index (χ2n) is 5.75. The SMILES string of the molecule is C=CCSC1=C(C#N)[C@@H](c2cccc(Oc3ccccc3)c2)CC(=O)N1. The van der Waals surface area contributed by atoms with Gasteiger partial charge in [-0.25, -0.2) is 0 Å². The molecule has 3 rings (SSSR count). The van der Waals surface area contributed by atoms with Crippen molar-refractivity contribution in [1.82, 2.24) is 5.32 Å². The maximum atomic E-state index is 12.1. The number of nitriles is 1. The van der Waals surface area contributed by atoms with Crippen LogP contribution in [0.15, 0.2) is 77.9 Å². The van der Waals surface area contributed by atoms with Crippen LogP contribution in [-0.2, 0) is 4.79 Å². The van der Waals surface area contributed by atoms with Crippen LogP contribution >= 0.6 is 11.8 Å². The van der Waals surface area contributed by atoms with Crippen LogP contribution in [0.1, 0.15) is 17.9 Å². The van der Waals surface area contributed by atoms with Gasteiger partial charge in [0.15, 0.2) is 0 Å². The summed E-state index contributed by atoms with van der Waals surface area (Å²) in [6.07, 6.45) is 1.99. The number of benzene rings is 2. The fraction of sp³-hybridized carbons (Fsp3) is 0.143. The second-order valence-corrected chi connectivity index (χ2v) is 6.78. The Hall–Kier alpha value is -2.97. The Morgan fingerprint density at radius 2 is 2.00 bits per heavy atom. The van der Waals surface area contributed by atoms with Crippen molar-refractivity contribution >= 4 is 17.7 Å². The van der Waals surface area contributed by atoms with E-state index < -0.39 is 0 Å². The quantitative estimate of drug-likeness (QED) is 0.754. The van der Waals surface area contributed by atoms with E-state index in [9.17, 15) is 10.1 Å². The lowest BCUT2D eigenvalue weighted by atomic mass is 9.87. The van der Waals surface area contributed by atoms with E-state index in [2.05, 4.69) is 18.0 Å². The summed E-state index contributed by atoms with van der Waals surface area (Å²) in [5.41, 5.74) is 1.47. The zero-order valence-electron chi connectivity index (χ0n) is 14.1. The Bertz CT molecular complexity index is 884. The van der Waals surface area contributed by atoms with Crippen LogP contribution in [0.4, 0.5) is 0 Å². The molecule has 1 N–H and O–H groups in total. The fourth-order valence-corrected chi connectivity index (χ4v) is 3.59. The lowest BCUT2D eigenvalue weighted by Crippen LogP contribution is -2.30. The lowest BCUT2D eigenvalue weighted by Gasteiger charge is -2.25. The molecule has 0 saturated carbocycles. The number of nitrogens with zero attached hydrogens (tertiary/aromatic N) is 1. The van der Waals surface area contributed by atoms with Gasteiger partial charge in [0.2, 0.25) is 5.91 Å². The number of allylic oxidation sites excluding steroid dienone is 1. The van der Waals surface area contributed by atoms with E-state index in [1.165, 1.54) is 11.8 Å². The topological polar surface area (TPSA) is 62.1 Å². The monoisotopic (exact) mass is 362 g/mol. The molecule has 2 aromatic rings. The van der Waals surface area contributed by atoms with Gasteiger partial charge in [-0.1, -0.05) is 36.4 Å². The largest absolute Gasteiger partial charge is 0.457 e. The summed E-state index contributed by atoms with van der Waals surface area (Å²) in [5, 5.41) is 13.1. The molecule has 1 heterocycles. The first-order valence-corrected chi connectivity index (χ1v) is 9.20. The number of ether oxygens (including phenoxy) is 1. The third-order valence-electron chi connectivity index (χ3n) is 3.94. The summed E-state index contributed by atoms with van der Waals surface area (Å²) in [6, 6.07) is 19.3. The number of rotatable bonds is 6. The summed E-state index contributed by atoms with van der Waals surface area (Å²) in [6.45, 7) is 3.69. The van der Waals surface area contributed by atoms with E-state index in [4.69, 9.17) is 4.74 Å². The summed E-state index contributed by atoms with van der Waals surface area (Å²) < 4.78 is 5.88. The molecule has 130 valence electrons. The summed E-state index contributed by atoms with van der Waals surface area (Å²) in [4.78, 5) is 12.1. The van der Waals surface area contributed by atoms with Gasteiger partial charge >= 0.3 is 0 Å². The van der Waals surface area contributed by atoms with Gasteiger partial charge in [-0.3, -0.25) is 4.79 Å².